The predicted molar refractivity (Wildman–Crippen MR) is 127 cm³/mol. The van der Waals surface area contributed by atoms with Crippen LogP contribution in [0.2, 0.25) is 0 Å². The van der Waals surface area contributed by atoms with Crippen LogP contribution in [0, 0.1) is 0 Å². The third kappa shape index (κ3) is 6.72. The second-order valence-corrected chi connectivity index (χ2v) is 9.20. The highest BCUT2D eigenvalue weighted by Gasteiger charge is 2.06. The number of benzene rings is 3. The molecule has 0 amide bonds. The van der Waals surface area contributed by atoms with E-state index in [0.717, 1.165) is 41.0 Å². The van der Waals surface area contributed by atoms with Gasteiger partial charge in [-0.3, -0.25) is 4.99 Å². The Bertz CT molecular complexity index is 1120. The first-order valence-corrected chi connectivity index (χ1v) is 12.3. The Morgan fingerprint density at radius 2 is 1.71 bits per heavy atom. The summed E-state index contributed by atoms with van der Waals surface area (Å²) in [6.07, 6.45) is 1.94. The maximum Gasteiger partial charge on any atom is 0.191 e. The monoisotopic (exact) mass is 439 g/mol. The Balaban J connectivity index is 1.49. The SMILES string of the molecule is CCNC(=NCCc1ccc(S(C)(=O)=O)cc1)NCCOc1cccc2ccccc12. The van der Waals surface area contributed by atoms with Gasteiger partial charge in [0.1, 0.15) is 12.4 Å². The van der Waals surface area contributed by atoms with Crippen molar-refractivity contribution in [1.29, 1.82) is 0 Å². The first-order chi connectivity index (χ1) is 15.0. The molecular weight excluding hydrogens is 410 g/mol. The number of fused-ring (bicyclic) bond motifs is 1. The lowest BCUT2D eigenvalue weighted by Gasteiger charge is -2.13. The van der Waals surface area contributed by atoms with Crippen LogP contribution in [0.15, 0.2) is 76.6 Å². The van der Waals surface area contributed by atoms with E-state index in [1.807, 2.05) is 43.3 Å². The van der Waals surface area contributed by atoms with Crippen LogP contribution in [0.3, 0.4) is 0 Å². The fraction of sp³-hybridized carbons (Fsp3) is 0.292. The number of guanidine groups is 1. The van der Waals surface area contributed by atoms with E-state index in [4.69, 9.17) is 4.74 Å². The second-order valence-electron chi connectivity index (χ2n) is 7.18. The third-order valence-electron chi connectivity index (χ3n) is 4.77. The van der Waals surface area contributed by atoms with Gasteiger partial charge in [-0.1, -0.05) is 48.5 Å². The molecule has 2 N–H and O–H groups in total. The molecule has 7 heteroatoms. The fourth-order valence-corrected chi connectivity index (χ4v) is 3.82. The Hall–Kier alpha value is -3.06. The predicted octanol–water partition coefficient (Wildman–Crippen LogP) is 3.42. The standard InChI is InChI=1S/C24H29N3O3S/c1-3-25-24(26-16-15-19-11-13-21(14-12-19)31(2,28)29)27-17-18-30-23-10-6-8-20-7-4-5-9-22(20)23/h4-14H,3,15-18H2,1-2H3,(H2,25,26,27). The van der Waals surface area contributed by atoms with E-state index in [-0.39, 0.29) is 0 Å². The minimum Gasteiger partial charge on any atom is -0.491 e. The summed E-state index contributed by atoms with van der Waals surface area (Å²) in [5, 5.41) is 8.78. The van der Waals surface area contributed by atoms with Gasteiger partial charge in [-0.25, -0.2) is 8.42 Å². The summed E-state index contributed by atoms with van der Waals surface area (Å²) < 4.78 is 29.1. The van der Waals surface area contributed by atoms with Gasteiger partial charge in [0, 0.05) is 24.7 Å². The molecule has 0 aliphatic rings. The summed E-state index contributed by atoms with van der Waals surface area (Å²) >= 11 is 0. The van der Waals surface area contributed by atoms with Crippen LogP contribution < -0.4 is 15.4 Å². The molecule has 3 rings (SSSR count). The van der Waals surface area contributed by atoms with Crippen molar-refractivity contribution < 1.29 is 13.2 Å². The molecule has 0 aliphatic carbocycles. The molecule has 0 saturated carbocycles. The summed E-state index contributed by atoms with van der Waals surface area (Å²) in [6.45, 7) is 4.52. The maximum absolute atomic E-state index is 11.6. The van der Waals surface area contributed by atoms with Crippen LogP contribution in [0.4, 0.5) is 0 Å². The highest BCUT2D eigenvalue weighted by molar-refractivity contribution is 7.90. The average molecular weight is 440 g/mol. The van der Waals surface area contributed by atoms with Gasteiger partial charge in [0.05, 0.1) is 11.4 Å². The summed E-state index contributed by atoms with van der Waals surface area (Å²) in [4.78, 5) is 4.93. The zero-order valence-corrected chi connectivity index (χ0v) is 18.8. The normalized spacial score (nSPS) is 12.0. The van der Waals surface area contributed by atoms with Crippen molar-refractivity contribution >= 4 is 26.6 Å². The topological polar surface area (TPSA) is 79.8 Å². The molecule has 31 heavy (non-hydrogen) atoms. The van der Waals surface area contributed by atoms with Crippen molar-refractivity contribution in [2.75, 3.05) is 32.5 Å². The Morgan fingerprint density at radius 3 is 2.45 bits per heavy atom. The van der Waals surface area contributed by atoms with Gasteiger partial charge in [0.15, 0.2) is 15.8 Å². The van der Waals surface area contributed by atoms with Gasteiger partial charge in [-0.05, 0) is 42.5 Å². The maximum atomic E-state index is 11.6. The summed E-state index contributed by atoms with van der Waals surface area (Å²) in [5.74, 6) is 1.61. The first-order valence-electron chi connectivity index (χ1n) is 10.4. The molecule has 0 radical (unpaired) electrons. The van der Waals surface area contributed by atoms with Crippen LogP contribution in [-0.2, 0) is 16.3 Å². The molecule has 0 aromatic heterocycles. The number of sulfone groups is 1. The number of hydrogen-bond acceptors (Lipinski definition) is 4. The van der Waals surface area contributed by atoms with E-state index in [0.29, 0.717) is 24.6 Å². The molecule has 0 spiro atoms. The zero-order chi connectivity index (χ0) is 22.1. The molecular formula is C24H29N3O3S. The van der Waals surface area contributed by atoms with E-state index in [1.54, 1.807) is 12.1 Å². The van der Waals surface area contributed by atoms with Gasteiger partial charge in [-0.2, -0.15) is 0 Å². The minimum absolute atomic E-state index is 0.334. The Labute approximate surface area is 184 Å². The lowest BCUT2D eigenvalue weighted by Crippen LogP contribution is -2.39. The number of hydrogen-bond donors (Lipinski definition) is 2. The van der Waals surface area contributed by atoms with Crippen molar-refractivity contribution in [2.45, 2.75) is 18.2 Å². The quantitative estimate of drug-likeness (QED) is 0.303. The van der Waals surface area contributed by atoms with Crippen LogP contribution in [0.5, 0.6) is 5.75 Å². The number of aliphatic imine (C=N–C) groups is 1. The minimum atomic E-state index is -3.17. The molecule has 0 heterocycles. The van der Waals surface area contributed by atoms with Crippen molar-refractivity contribution in [3.8, 4) is 5.75 Å². The molecule has 3 aromatic carbocycles. The summed E-state index contributed by atoms with van der Waals surface area (Å²) in [5.41, 5.74) is 1.05. The molecule has 0 fully saturated rings. The zero-order valence-electron chi connectivity index (χ0n) is 18.0. The van der Waals surface area contributed by atoms with Gasteiger partial charge < -0.3 is 15.4 Å². The van der Waals surface area contributed by atoms with Gasteiger partial charge in [0.25, 0.3) is 0 Å². The van der Waals surface area contributed by atoms with Crippen molar-refractivity contribution in [2.24, 2.45) is 4.99 Å². The highest BCUT2D eigenvalue weighted by atomic mass is 32.2. The molecule has 0 saturated heterocycles. The molecule has 0 atom stereocenters. The lowest BCUT2D eigenvalue weighted by atomic mass is 10.1. The molecule has 3 aromatic rings. The van der Waals surface area contributed by atoms with Crippen molar-refractivity contribution in [3.63, 3.8) is 0 Å². The number of ether oxygens (including phenoxy) is 1. The average Bonchev–Trinajstić information content (AvgIpc) is 2.76. The Morgan fingerprint density at radius 1 is 0.968 bits per heavy atom. The molecule has 164 valence electrons. The van der Waals surface area contributed by atoms with E-state index < -0.39 is 9.84 Å². The first kappa shape index (κ1) is 22.6. The van der Waals surface area contributed by atoms with Gasteiger partial charge in [0.2, 0.25) is 0 Å². The van der Waals surface area contributed by atoms with Gasteiger partial charge in [-0.15, -0.1) is 0 Å². The lowest BCUT2D eigenvalue weighted by molar-refractivity contribution is 0.325. The smallest absolute Gasteiger partial charge is 0.191 e. The van der Waals surface area contributed by atoms with Gasteiger partial charge >= 0.3 is 0 Å². The number of nitrogens with one attached hydrogen (secondary N) is 2. The second kappa shape index (κ2) is 10.8. The largest absolute Gasteiger partial charge is 0.491 e. The fourth-order valence-electron chi connectivity index (χ4n) is 3.19. The van der Waals surface area contributed by atoms with Crippen LogP contribution in [0.25, 0.3) is 10.8 Å². The van der Waals surface area contributed by atoms with Crippen molar-refractivity contribution in [3.05, 3.63) is 72.3 Å². The van der Waals surface area contributed by atoms with E-state index in [9.17, 15) is 8.42 Å². The Kier molecular flexibility index (Phi) is 7.89. The summed E-state index contributed by atoms with van der Waals surface area (Å²) in [6, 6.07) is 21.2. The van der Waals surface area contributed by atoms with Crippen LogP contribution in [-0.4, -0.2) is 46.9 Å². The molecule has 0 bridgehead atoms. The summed E-state index contributed by atoms with van der Waals surface area (Å²) in [7, 11) is -3.17. The van der Waals surface area contributed by atoms with Crippen molar-refractivity contribution in [1.82, 2.24) is 10.6 Å². The highest BCUT2D eigenvalue weighted by Crippen LogP contribution is 2.24. The van der Waals surface area contributed by atoms with E-state index in [2.05, 4.69) is 33.8 Å². The van der Waals surface area contributed by atoms with Crippen LogP contribution in [0.1, 0.15) is 12.5 Å². The molecule has 0 aliphatic heterocycles. The molecule has 6 nitrogen and oxygen atoms in total. The van der Waals surface area contributed by atoms with E-state index in [1.165, 1.54) is 6.26 Å². The van der Waals surface area contributed by atoms with Crippen LogP contribution >= 0.6 is 0 Å². The third-order valence-corrected chi connectivity index (χ3v) is 5.90. The number of rotatable bonds is 9. The van der Waals surface area contributed by atoms with E-state index >= 15 is 0 Å². The number of nitrogens with zero attached hydrogens (tertiary/aromatic N) is 1. The molecule has 0 unspecified atom stereocenters.